The van der Waals surface area contributed by atoms with Crippen molar-refractivity contribution in [3.63, 3.8) is 0 Å². The number of methoxy groups -OCH3 is 1. The molecule has 0 aromatic carbocycles. The van der Waals surface area contributed by atoms with Gasteiger partial charge in [0.05, 0.1) is 19.6 Å². The number of hydrogen-bond donors (Lipinski definition) is 0. The van der Waals surface area contributed by atoms with Crippen LogP contribution in [0.15, 0.2) is 23.0 Å². The highest BCUT2D eigenvalue weighted by Crippen LogP contribution is 2.30. The van der Waals surface area contributed by atoms with Gasteiger partial charge in [0.1, 0.15) is 6.07 Å². The van der Waals surface area contributed by atoms with Gasteiger partial charge in [-0.2, -0.15) is 5.26 Å². The minimum absolute atomic E-state index is 0.356. The van der Waals surface area contributed by atoms with E-state index in [9.17, 15) is 10.1 Å². The second kappa shape index (κ2) is 4.73. The largest absolute Gasteiger partial charge is 0.472 e. The van der Waals surface area contributed by atoms with Gasteiger partial charge in [0.25, 0.3) is 5.60 Å². The highest BCUT2D eigenvalue weighted by Gasteiger charge is 2.47. The van der Waals surface area contributed by atoms with Gasteiger partial charge < -0.3 is 13.6 Å². The zero-order valence-electron chi connectivity index (χ0n) is 10.3. The van der Waals surface area contributed by atoms with Crippen molar-refractivity contribution in [3.05, 3.63) is 24.2 Å². The Balaban J connectivity index is 3.26. The summed E-state index contributed by atoms with van der Waals surface area (Å²) in [6.45, 7) is 5.67. The van der Waals surface area contributed by atoms with Crippen molar-refractivity contribution in [2.75, 3.05) is 7.11 Å². The van der Waals surface area contributed by atoms with E-state index >= 15 is 0 Å². The van der Waals surface area contributed by atoms with Crippen LogP contribution >= 0.6 is 0 Å². The maximum Gasteiger partial charge on any atom is 0.357 e. The van der Waals surface area contributed by atoms with E-state index in [1.54, 1.807) is 0 Å². The van der Waals surface area contributed by atoms with E-state index < -0.39 is 19.9 Å². The second-order valence-corrected chi connectivity index (χ2v) is 8.94. The van der Waals surface area contributed by atoms with E-state index in [1.165, 1.54) is 25.7 Å². The molecule has 1 aromatic heterocycles. The minimum Gasteiger partial charge on any atom is -0.472 e. The zero-order valence-corrected chi connectivity index (χ0v) is 11.3. The highest BCUT2D eigenvalue weighted by molar-refractivity contribution is 6.70. The van der Waals surface area contributed by atoms with Gasteiger partial charge >= 0.3 is 5.97 Å². The first-order valence-corrected chi connectivity index (χ1v) is 8.49. The van der Waals surface area contributed by atoms with E-state index in [0.29, 0.717) is 5.56 Å². The van der Waals surface area contributed by atoms with Crippen molar-refractivity contribution < 1.29 is 18.4 Å². The standard InChI is InChI=1S/C11H15NO4Si/c1-14-10(13)11(8-12,16-17(2,3)4)9-5-6-15-7-9/h5-7H,1-4H3/t11-/m0/s1. The molecule has 1 aromatic rings. The predicted octanol–water partition coefficient (Wildman–Crippen LogP) is 2.02. The molecule has 0 saturated heterocycles. The van der Waals surface area contributed by atoms with E-state index in [-0.39, 0.29) is 0 Å². The molecule has 0 saturated carbocycles. The Bertz CT molecular complexity index is 429. The van der Waals surface area contributed by atoms with Crippen LogP contribution < -0.4 is 0 Å². The van der Waals surface area contributed by atoms with Crippen LogP contribution in [0.1, 0.15) is 5.56 Å². The summed E-state index contributed by atoms with van der Waals surface area (Å²) in [6, 6.07) is 3.43. The lowest BCUT2D eigenvalue weighted by Gasteiger charge is -2.30. The molecule has 6 heteroatoms. The van der Waals surface area contributed by atoms with Crippen LogP contribution in [-0.4, -0.2) is 21.4 Å². The summed E-state index contributed by atoms with van der Waals surface area (Å²) in [5, 5.41) is 9.32. The Morgan fingerprint density at radius 3 is 2.53 bits per heavy atom. The van der Waals surface area contributed by atoms with Crippen LogP contribution in [0.4, 0.5) is 0 Å². The van der Waals surface area contributed by atoms with Crippen molar-refractivity contribution in [2.45, 2.75) is 25.2 Å². The van der Waals surface area contributed by atoms with Gasteiger partial charge in [-0.1, -0.05) is 0 Å². The lowest BCUT2D eigenvalue weighted by atomic mass is 9.99. The molecule has 0 unspecified atom stereocenters. The number of esters is 1. The fourth-order valence-electron chi connectivity index (χ4n) is 1.42. The van der Waals surface area contributed by atoms with Crippen LogP contribution in [0.5, 0.6) is 0 Å². The summed E-state index contributed by atoms with van der Waals surface area (Å²) < 4.78 is 15.3. The van der Waals surface area contributed by atoms with Gasteiger partial charge in [-0.25, -0.2) is 4.79 Å². The van der Waals surface area contributed by atoms with Gasteiger partial charge in [0.15, 0.2) is 8.32 Å². The van der Waals surface area contributed by atoms with Crippen molar-refractivity contribution in [1.29, 1.82) is 5.26 Å². The summed E-state index contributed by atoms with van der Waals surface area (Å²) in [7, 11) is -0.890. The lowest BCUT2D eigenvalue weighted by molar-refractivity contribution is -0.155. The number of ether oxygens (including phenoxy) is 1. The number of hydrogen-bond acceptors (Lipinski definition) is 5. The molecule has 92 valence electrons. The van der Waals surface area contributed by atoms with Crippen LogP contribution in [0.2, 0.25) is 19.6 Å². The molecular weight excluding hydrogens is 238 g/mol. The molecule has 0 aliphatic carbocycles. The Labute approximate surface area is 101 Å². The molecule has 0 N–H and O–H groups in total. The van der Waals surface area contributed by atoms with Crippen LogP contribution in [0, 0.1) is 11.3 Å². The molecule has 0 spiro atoms. The van der Waals surface area contributed by atoms with E-state index in [4.69, 9.17) is 8.84 Å². The topological polar surface area (TPSA) is 72.5 Å². The number of furan rings is 1. The summed E-state index contributed by atoms with van der Waals surface area (Å²) in [5.74, 6) is -0.733. The smallest absolute Gasteiger partial charge is 0.357 e. The van der Waals surface area contributed by atoms with E-state index in [0.717, 1.165) is 0 Å². The first kappa shape index (κ1) is 13.5. The quantitative estimate of drug-likeness (QED) is 0.606. The van der Waals surface area contributed by atoms with Crippen molar-refractivity contribution >= 4 is 14.3 Å². The van der Waals surface area contributed by atoms with Crippen LogP contribution in [0.3, 0.4) is 0 Å². The molecule has 0 fully saturated rings. The van der Waals surface area contributed by atoms with Crippen LogP contribution in [-0.2, 0) is 19.6 Å². The number of nitriles is 1. The summed E-state index contributed by atoms with van der Waals surface area (Å²) in [6.07, 6.45) is 2.71. The second-order valence-electron chi connectivity index (χ2n) is 4.51. The molecule has 0 aliphatic rings. The highest BCUT2D eigenvalue weighted by atomic mass is 28.4. The Morgan fingerprint density at radius 1 is 1.53 bits per heavy atom. The molecule has 0 radical (unpaired) electrons. The first-order valence-electron chi connectivity index (χ1n) is 5.08. The van der Waals surface area contributed by atoms with Gasteiger partial charge in [-0.05, 0) is 25.7 Å². The molecule has 1 heterocycles. The number of nitrogens with zero attached hydrogens (tertiary/aromatic N) is 1. The van der Waals surface area contributed by atoms with Crippen LogP contribution in [0.25, 0.3) is 0 Å². The fourth-order valence-corrected chi connectivity index (χ4v) is 2.58. The monoisotopic (exact) mass is 253 g/mol. The SMILES string of the molecule is COC(=O)[C@@](C#N)(O[Si](C)(C)C)c1ccoc1. The van der Waals surface area contributed by atoms with E-state index in [2.05, 4.69) is 4.74 Å². The van der Waals surface area contributed by atoms with Gasteiger partial charge in [0, 0.05) is 5.56 Å². The number of rotatable bonds is 4. The van der Waals surface area contributed by atoms with Crippen molar-refractivity contribution in [2.24, 2.45) is 0 Å². The normalized spacial score (nSPS) is 14.8. The summed E-state index contributed by atoms with van der Waals surface area (Å²) >= 11 is 0. The lowest BCUT2D eigenvalue weighted by Crippen LogP contribution is -2.45. The summed E-state index contributed by atoms with van der Waals surface area (Å²) in [4.78, 5) is 11.9. The molecule has 1 rings (SSSR count). The Kier molecular flexibility index (Phi) is 3.75. The third kappa shape index (κ3) is 2.75. The molecule has 17 heavy (non-hydrogen) atoms. The van der Waals surface area contributed by atoms with Crippen molar-refractivity contribution in [1.82, 2.24) is 0 Å². The van der Waals surface area contributed by atoms with Gasteiger partial charge in [0.2, 0.25) is 0 Å². The minimum atomic E-state index is -2.11. The summed E-state index contributed by atoms with van der Waals surface area (Å²) in [5.41, 5.74) is -1.37. The molecule has 0 aliphatic heterocycles. The Hall–Kier alpha value is -1.58. The molecule has 0 amide bonds. The molecular formula is C11H15NO4Si. The van der Waals surface area contributed by atoms with Gasteiger partial charge in [-0.3, -0.25) is 0 Å². The third-order valence-electron chi connectivity index (χ3n) is 2.02. The Morgan fingerprint density at radius 2 is 2.18 bits per heavy atom. The van der Waals surface area contributed by atoms with Gasteiger partial charge in [-0.15, -0.1) is 0 Å². The average molecular weight is 253 g/mol. The molecule has 0 bridgehead atoms. The molecule has 5 nitrogen and oxygen atoms in total. The molecule has 1 atom stereocenters. The average Bonchev–Trinajstić information content (AvgIpc) is 2.77. The van der Waals surface area contributed by atoms with E-state index in [1.807, 2.05) is 25.7 Å². The van der Waals surface area contributed by atoms with Crippen molar-refractivity contribution in [3.8, 4) is 6.07 Å². The number of carbonyl (C=O) groups is 1. The maximum atomic E-state index is 11.9. The zero-order chi connectivity index (χ0) is 13.1. The first-order chi connectivity index (χ1) is 7.85. The maximum absolute atomic E-state index is 11.9. The fraction of sp³-hybridized carbons (Fsp3) is 0.455. The predicted molar refractivity (Wildman–Crippen MR) is 62.4 cm³/mol. The third-order valence-corrected chi connectivity index (χ3v) is 2.94. The number of carbonyl (C=O) groups excluding carboxylic acids is 1.